The number of benzene rings is 2. The molecule has 0 unspecified atom stereocenters. The molecule has 0 spiro atoms. The van der Waals surface area contributed by atoms with Gasteiger partial charge in [0.15, 0.2) is 0 Å². The van der Waals surface area contributed by atoms with E-state index in [1.165, 1.54) is 30.9 Å². The molecule has 0 bridgehead atoms. The van der Waals surface area contributed by atoms with Gasteiger partial charge in [0.2, 0.25) is 0 Å². The highest BCUT2D eigenvalue weighted by Crippen LogP contribution is 2.30. The second-order valence-electron chi connectivity index (χ2n) is 7.80. The van der Waals surface area contributed by atoms with Crippen molar-refractivity contribution < 1.29 is 36.3 Å². The van der Waals surface area contributed by atoms with Gasteiger partial charge in [-0.2, -0.15) is 13.2 Å². The van der Waals surface area contributed by atoms with Crippen molar-refractivity contribution in [2.24, 2.45) is 0 Å². The van der Waals surface area contributed by atoms with Crippen LogP contribution in [0.5, 0.6) is 0 Å². The lowest BCUT2D eigenvalue weighted by Gasteiger charge is -2.25. The van der Waals surface area contributed by atoms with E-state index in [9.17, 15) is 36.3 Å². The summed E-state index contributed by atoms with van der Waals surface area (Å²) in [5.41, 5.74) is 0.340. The van der Waals surface area contributed by atoms with E-state index in [2.05, 4.69) is 10.7 Å². The van der Waals surface area contributed by atoms with Crippen LogP contribution in [0, 0.1) is 11.6 Å². The van der Waals surface area contributed by atoms with Gasteiger partial charge in [-0.05, 0) is 58.0 Å². The molecule has 0 aromatic heterocycles. The maximum atomic E-state index is 14.7. The molecule has 0 saturated carbocycles. The van der Waals surface area contributed by atoms with Crippen molar-refractivity contribution >= 4 is 17.8 Å². The summed E-state index contributed by atoms with van der Waals surface area (Å²) in [6.07, 6.45) is -4.87. The van der Waals surface area contributed by atoms with Crippen LogP contribution >= 0.6 is 0 Å². The van der Waals surface area contributed by atoms with Gasteiger partial charge in [0.1, 0.15) is 11.6 Å². The number of urea groups is 1. The Morgan fingerprint density at radius 3 is 2.08 bits per heavy atom. The molecule has 4 amide bonds. The summed E-state index contributed by atoms with van der Waals surface area (Å²) >= 11 is 0. The van der Waals surface area contributed by atoms with Gasteiger partial charge in [0.05, 0.1) is 11.6 Å². The number of amides is 4. The maximum absolute atomic E-state index is 14.7. The third-order valence-electron chi connectivity index (χ3n) is 5.39. The summed E-state index contributed by atoms with van der Waals surface area (Å²) in [4.78, 5) is 39.0. The van der Waals surface area contributed by atoms with E-state index >= 15 is 0 Å². The van der Waals surface area contributed by atoms with Crippen LogP contribution in [-0.4, -0.2) is 47.4 Å². The molecule has 2 rings (SSSR count). The normalized spacial score (nSPS) is 12.0. The number of rotatable bonds is 7. The Balaban J connectivity index is 2.14. The number of nitrogens with zero attached hydrogens (tertiary/aromatic N) is 2. The van der Waals surface area contributed by atoms with E-state index < -0.39 is 46.9 Å². The number of nitrogens with one attached hydrogen (secondary N) is 2. The van der Waals surface area contributed by atoms with Crippen molar-refractivity contribution in [3.63, 3.8) is 0 Å². The standard InChI is InChI=1S/C24H27F5N4O3/c1-5-32(6-2)22(35)15-8-9-19(20(26)12-15)14(4)30-23(36)33(7-3)31-21(34)16-10-17(24(27,28)29)13-18(25)11-16/h8-14H,5-7H2,1-4H3,(H,30,36)(H,31,34)/t14-/m1/s1. The van der Waals surface area contributed by atoms with Crippen molar-refractivity contribution in [2.45, 2.75) is 39.9 Å². The van der Waals surface area contributed by atoms with Crippen molar-refractivity contribution in [2.75, 3.05) is 19.6 Å². The number of carbonyl (C=O) groups is 3. The summed E-state index contributed by atoms with van der Waals surface area (Å²) in [5, 5.41) is 3.23. The number of halogens is 5. The average Bonchev–Trinajstić information content (AvgIpc) is 2.81. The average molecular weight is 514 g/mol. The Kier molecular flexibility index (Phi) is 9.37. The fourth-order valence-corrected chi connectivity index (χ4v) is 3.39. The lowest BCUT2D eigenvalue weighted by Crippen LogP contribution is -2.51. The van der Waals surface area contributed by atoms with Gasteiger partial charge in [-0.1, -0.05) is 6.07 Å². The Morgan fingerprint density at radius 1 is 0.917 bits per heavy atom. The van der Waals surface area contributed by atoms with Gasteiger partial charge >= 0.3 is 12.2 Å². The number of hydrogen-bond donors (Lipinski definition) is 2. The monoisotopic (exact) mass is 514 g/mol. The highest BCUT2D eigenvalue weighted by Gasteiger charge is 2.32. The predicted molar refractivity (Wildman–Crippen MR) is 122 cm³/mol. The van der Waals surface area contributed by atoms with E-state index in [1.807, 2.05) is 0 Å². The fraction of sp³-hybridized carbons (Fsp3) is 0.375. The van der Waals surface area contributed by atoms with Crippen molar-refractivity contribution in [1.29, 1.82) is 0 Å². The third kappa shape index (κ3) is 6.92. The van der Waals surface area contributed by atoms with Gasteiger partial charge in [-0.15, -0.1) is 0 Å². The van der Waals surface area contributed by atoms with Crippen LogP contribution in [0.2, 0.25) is 0 Å². The first kappa shape index (κ1) is 28.5. The molecule has 0 saturated heterocycles. The van der Waals surface area contributed by atoms with E-state index in [-0.39, 0.29) is 29.6 Å². The van der Waals surface area contributed by atoms with Crippen LogP contribution in [0.3, 0.4) is 0 Å². The van der Waals surface area contributed by atoms with Crippen molar-refractivity contribution in [3.05, 3.63) is 70.3 Å². The molecule has 2 aromatic rings. The maximum Gasteiger partial charge on any atom is 0.416 e. The van der Waals surface area contributed by atoms with Gasteiger partial charge in [-0.25, -0.2) is 18.6 Å². The topological polar surface area (TPSA) is 81.8 Å². The third-order valence-corrected chi connectivity index (χ3v) is 5.39. The first-order valence-electron chi connectivity index (χ1n) is 11.2. The van der Waals surface area contributed by atoms with Gasteiger partial charge in [-0.3, -0.25) is 15.0 Å². The number of alkyl halides is 3. The minimum absolute atomic E-state index is 0.0711. The van der Waals surface area contributed by atoms with Crippen molar-refractivity contribution in [1.82, 2.24) is 20.7 Å². The molecule has 196 valence electrons. The molecule has 1 atom stereocenters. The highest BCUT2D eigenvalue weighted by atomic mass is 19.4. The second kappa shape index (κ2) is 11.8. The molecule has 0 radical (unpaired) electrons. The summed E-state index contributed by atoms with van der Waals surface area (Å²) < 4.78 is 67.1. The minimum atomic E-state index is -4.87. The van der Waals surface area contributed by atoms with Crippen LogP contribution in [0.15, 0.2) is 36.4 Å². The summed E-state index contributed by atoms with van der Waals surface area (Å²) in [7, 11) is 0. The molecule has 2 aromatic carbocycles. The minimum Gasteiger partial charge on any atom is -0.339 e. The molecule has 2 N–H and O–H groups in total. The van der Waals surface area contributed by atoms with Gasteiger partial charge in [0.25, 0.3) is 11.8 Å². The zero-order valence-electron chi connectivity index (χ0n) is 20.2. The Morgan fingerprint density at radius 2 is 1.56 bits per heavy atom. The Bertz CT molecular complexity index is 1120. The zero-order chi connectivity index (χ0) is 27.2. The molecule has 0 heterocycles. The van der Waals surface area contributed by atoms with Crippen LogP contribution in [0.1, 0.15) is 65.6 Å². The predicted octanol–water partition coefficient (Wildman–Crippen LogP) is 4.90. The summed E-state index contributed by atoms with van der Waals surface area (Å²) in [6, 6.07) is 3.40. The number of hydrogen-bond acceptors (Lipinski definition) is 3. The second-order valence-corrected chi connectivity index (χ2v) is 7.80. The van der Waals surface area contributed by atoms with Crippen molar-refractivity contribution in [3.8, 4) is 0 Å². The summed E-state index contributed by atoms with van der Waals surface area (Å²) in [6.45, 7) is 7.35. The smallest absolute Gasteiger partial charge is 0.339 e. The van der Waals surface area contributed by atoms with E-state index in [4.69, 9.17) is 0 Å². The molecule has 36 heavy (non-hydrogen) atoms. The SMILES string of the molecule is CCN(CC)C(=O)c1ccc([C@@H](C)NC(=O)N(CC)NC(=O)c2cc(F)cc(C(F)(F)F)c2)c(F)c1. The zero-order valence-corrected chi connectivity index (χ0v) is 20.2. The van der Waals surface area contributed by atoms with Crippen LogP contribution in [0.25, 0.3) is 0 Å². The van der Waals surface area contributed by atoms with Crippen LogP contribution in [-0.2, 0) is 6.18 Å². The van der Waals surface area contributed by atoms with E-state index in [0.29, 0.717) is 25.2 Å². The quantitative estimate of drug-likeness (QED) is 0.407. The lowest BCUT2D eigenvalue weighted by molar-refractivity contribution is -0.137. The molecule has 0 aliphatic carbocycles. The van der Waals surface area contributed by atoms with E-state index in [1.54, 1.807) is 13.8 Å². The van der Waals surface area contributed by atoms with E-state index in [0.717, 1.165) is 11.1 Å². The molecule has 7 nitrogen and oxygen atoms in total. The largest absolute Gasteiger partial charge is 0.416 e. The van der Waals surface area contributed by atoms with Gasteiger partial charge in [0, 0.05) is 36.3 Å². The Hall–Kier alpha value is -3.70. The number of hydrazine groups is 1. The Labute approximate surface area is 205 Å². The van der Waals surface area contributed by atoms with Crippen LogP contribution in [0.4, 0.5) is 26.7 Å². The molecule has 0 aliphatic heterocycles. The lowest BCUT2D eigenvalue weighted by atomic mass is 10.0. The number of carbonyl (C=O) groups excluding carboxylic acids is 3. The molecule has 12 heteroatoms. The molecule has 0 fully saturated rings. The molecular formula is C24H27F5N4O3. The first-order chi connectivity index (χ1) is 16.8. The highest BCUT2D eigenvalue weighted by molar-refractivity contribution is 5.95. The molecule has 0 aliphatic rings. The fourth-order valence-electron chi connectivity index (χ4n) is 3.39. The van der Waals surface area contributed by atoms with Crippen LogP contribution < -0.4 is 10.7 Å². The first-order valence-corrected chi connectivity index (χ1v) is 11.2. The van der Waals surface area contributed by atoms with Gasteiger partial charge < -0.3 is 10.2 Å². The molecular weight excluding hydrogens is 487 g/mol. The summed E-state index contributed by atoms with van der Waals surface area (Å²) in [5.74, 6) is -3.48.